The number of carbonyl (C=O) groups excluding carboxylic acids is 2. The van der Waals surface area contributed by atoms with E-state index in [9.17, 15) is 9.59 Å². The number of thiophene rings is 1. The SMILES string of the molecule is Cc1cc(Oc2ccccc2)ccc1N1C(=O)Nc2c(NC(=O)C3CCCN(C)C3)sc3nccc1c23. The van der Waals surface area contributed by atoms with Gasteiger partial charge in [-0.15, -0.1) is 0 Å². The molecule has 0 radical (unpaired) electrons. The largest absolute Gasteiger partial charge is 0.457 e. The molecule has 3 amide bonds. The molecule has 0 spiro atoms. The van der Waals surface area contributed by atoms with Gasteiger partial charge in [0.15, 0.2) is 0 Å². The summed E-state index contributed by atoms with van der Waals surface area (Å²) in [7, 11) is 2.04. The minimum Gasteiger partial charge on any atom is -0.457 e. The summed E-state index contributed by atoms with van der Waals surface area (Å²) in [6.45, 7) is 3.70. The summed E-state index contributed by atoms with van der Waals surface area (Å²) in [4.78, 5) is 35.6. The number of rotatable bonds is 5. The third-order valence-electron chi connectivity index (χ3n) is 6.87. The van der Waals surface area contributed by atoms with Crippen molar-refractivity contribution in [2.75, 3.05) is 35.7 Å². The molecule has 6 rings (SSSR count). The second-order valence-corrected chi connectivity index (χ2v) is 10.5. The summed E-state index contributed by atoms with van der Waals surface area (Å²) < 4.78 is 5.97. The first-order valence-electron chi connectivity index (χ1n) is 12.3. The molecule has 2 aliphatic rings. The van der Waals surface area contributed by atoms with Gasteiger partial charge in [-0.1, -0.05) is 29.5 Å². The number of nitrogens with zero attached hydrogens (tertiary/aromatic N) is 3. The third-order valence-corrected chi connectivity index (χ3v) is 7.88. The Morgan fingerprint density at radius 3 is 2.76 bits per heavy atom. The van der Waals surface area contributed by atoms with E-state index in [0.29, 0.717) is 16.4 Å². The average Bonchev–Trinajstić information content (AvgIpc) is 3.23. The minimum atomic E-state index is -0.286. The molecule has 37 heavy (non-hydrogen) atoms. The van der Waals surface area contributed by atoms with Crippen molar-refractivity contribution in [1.82, 2.24) is 9.88 Å². The van der Waals surface area contributed by atoms with Gasteiger partial charge in [-0.2, -0.15) is 0 Å². The van der Waals surface area contributed by atoms with E-state index >= 15 is 0 Å². The number of hydrogen-bond acceptors (Lipinski definition) is 6. The molecule has 1 unspecified atom stereocenters. The number of anilines is 4. The van der Waals surface area contributed by atoms with Crippen molar-refractivity contribution in [2.45, 2.75) is 19.8 Å². The Bertz CT molecular complexity index is 1500. The lowest BCUT2D eigenvalue weighted by Crippen LogP contribution is -2.38. The molecule has 0 bridgehead atoms. The topological polar surface area (TPSA) is 86.8 Å². The Hall–Kier alpha value is -3.95. The maximum atomic E-state index is 13.5. The molecule has 0 saturated carbocycles. The molecule has 2 N–H and O–H groups in total. The molecular formula is C28H27N5O3S. The lowest BCUT2D eigenvalue weighted by molar-refractivity contribution is -0.121. The predicted molar refractivity (Wildman–Crippen MR) is 147 cm³/mol. The van der Waals surface area contributed by atoms with Gasteiger partial charge in [-0.25, -0.2) is 9.78 Å². The quantitative estimate of drug-likeness (QED) is 0.324. The van der Waals surface area contributed by atoms with E-state index in [1.807, 2.05) is 68.6 Å². The molecule has 8 nitrogen and oxygen atoms in total. The zero-order valence-electron chi connectivity index (χ0n) is 20.7. The molecule has 1 saturated heterocycles. The zero-order chi connectivity index (χ0) is 25.5. The van der Waals surface area contributed by atoms with E-state index in [-0.39, 0.29) is 17.9 Å². The fourth-order valence-electron chi connectivity index (χ4n) is 5.07. The van der Waals surface area contributed by atoms with Gasteiger partial charge >= 0.3 is 6.03 Å². The number of carbonyl (C=O) groups is 2. The number of para-hydroxylation sites is 1. The second kappa shape index (κ2) is 9.49. The first-order valence-corrected chi connectivity index (χ1v) is 13.1. The standard InChI is InChI=1S/C28H27N5O3S/c1-17-15-20(36-19-8-4-3-5-9-19)10-11-21(17)33-22-12-13-29-26-23(22)24(30-28(33)35)27(37-26)31-25(34)18-7-6-14-32(2)16-18/h3-5,8-13,15,18H,6-7,14,16H2,1-2H3,(H,30,35)(H,31,34). The zero-order valence-corrected chi connectivity index (χ0v) is 21.5. The summed E-state index contributed by atoms with van der Waals surface area (Å²) in [5.41, 5.74) is 2.99. The van der Waals surface area contributed by atoms with Crippen LogP contribution in [0.4, 0.5) is 26.9 Å². The van der Waals surface area contributed by atoms with Gasteiger partial charge in [-0.05, 0) is 75.3 Å². The van der Waals surface area contributed by atoms with Crippen LogP contribution in [0.25, 0.3) is 10.2 Å². The molecule has 9 heteroatoms. The average molecular weight is 514 g/mol. The van der Waals surface area contributed by atoms with Crippen LogP contribution in [-0.2, 0) is 4.79 Å². The van der Waals surface area contributed by atoms with Crippen LogP contribution in [0.3, 0.4) is 0 Å². The van der Waals surface area contributed by atoms with Crippen LogP contribution in [-0.4, -0.2) is 42.0 Å². The van der Waals surface area contributed by atoms with Gasteiger partial charge in [0.2, 0.25) is 5.91 Å². The summed E-state index contributed by atoms with van der Waals surface area (Å²) in [6, 6.07) is 16.8. The van der Waals surface area contributed by atoms with E-state index in [0.717, 1.165) is 58.8 Å². The molecule has 2 aromatic heterocycles. The van der Waals surface area contributed by atoms with Gasteiger partial charge < -0.3 is 20.3 Å². The highest BCUT2D eigenvalue weighted by molar-refractivity contribution is 7.23. The Morgan fingerprint density at radius 1 is 1.14 bits per heavy atom. The van der Waals surface area contributed by atoms with Crippen LogP contribution < -0.4 is 20.3 Å². The lowest BCUT2D eigenvalue weighted by Gasteiger charge is -2.30. The fourth-order valence-corrected chi connectivity index (χ4v) is 6.10. The molecule has 1 atom stereocenters. The van der Waals surface area contributed by atoms with Gasteiger partial charge in [-0.3, -0.25) is 9.69 Å². The number of hydrogen-bond donors (Lipinski definition) is 2. The summed E-state index contributed by atoms with van der Waals surface area (Å²) >= 11 is 1.38. The number of urea groups is 1. The van der Waals surface area contributed by atoms with Crippen LogP contribution in [0, 0.1) is 12.8 Å². The van der Waals surface area contributed by atoms with Gasteiger partial charge in [0.05, 0.1) is 28.4 Å². The molecule has 4 aromatic rings. The van der Waals surface area contributed by atoms with Crippen molar-refractivity contribution < 1.29 is 14.3 Å². The smallest absolute Gasteiger partial charge is 0.331 e. The van der Waals surface area contributed by atoms with Crippen molar-refractivity contribution in [3.05, 3.63) is 66.4 Å². The van der Waals surface area contributed by atoms with E-state index in [1.54, 1.807) is 11.1 Å². The third kappa shape index (κ3) is 4.41. The lowest BCUT2D eigenvalue weighted by atomic mass is 9.98. The van der Waals surface area contributed by atoms with E-state index in [4.69, 9.17) is 4.74 Å². The molecule has 0 aliphatic carbocycles. The van der Waals surface area contributed by atoms with E-state index in [2.05, 4.69) is 20.5 Å². The second-order valence-electron chi connectivity index (χ2n) is 9.54. The van der Waals surface area contributed by atoms with Crippen LogP contribution >= 0.6 is 11.3 Å². The van der Waals surface area contributed by atoms with Crippen molar-refractivity contribution >= 4 is 55.6 Å². The van der Waals surface area contributed by atoms with Crippen LogP contribution in [0.5, 0.6) is 11.5 Å². The minimum absolute atomic E-state index is 0.0163. The van der Waals surface area contributed by atoms with E-state index < -0.39 is 0 Å². The molecule has 2 aromatic carbocycles. The summed E-state index contributed by atoms with van der Waals surface area (Å²) in [5, 5.41) is 7.56. The maximum absolute atomic E-state index is 13.5. The highest BCUT2D eigenvalue weighted by atomic mass is 32.1. The number of piperidine rings is 1. The number of pyridine rings is 1. The number of ether oxygens (including phenoxy) is 1. The van der Waals surface area contributed by atoms with E-state index in [1.165, 1.54) is 11.3 Å². The highest BCUT2D eigenvalue weighted by Gasteiger charge is 2.33. The number of benzene rings is 2. The Kier molecular flexibility index (Phi) is 6.02. The maximum Gasteiger partial charge on any atom is 0.331 e. The van der Waals surface area contributed by atoms with Crippen LogP contribution in [0.1, 0.15) is 18.4 Å². The Balaban J connectivity index is 1.32. The van der Waals surface area contributed by atoms with Gasteiger partial charge in [0.1, 0.15) is 21.3 Å². The first-order chi connectivity index (χ1) is 18.0. The van der Waals surface area contributed by atoms with Crippen molar-refractivity contribution in [3.63, 3.8) is 0 Å². The predicted octanol–water partition coefficient (Wildman–Crippen LogP) is 6.36. The number of aryl methyl sites for hydroxylation is 1. The van der Waals surface area contributed by atoms with Crippen LogP contribution in [0.2, 0.25) is 0 Å². The monoisotopic (exact) mass is 513 g/mol. The van der Waals surface area contributed by atoms with Crippen LogP contribution in [0.15, 0.2) is 60.8 Å². The number of amides is 3. The van der Waals surface area contributed by atoms with Crippen molar-refractivity contribution in [3.8, 4) is 11.5 Å². The summed E-state index contributed by atoms with van der Waals surface area (Å²) in [6.07, 6.45) is 3.57. The number of aromatic nitrogens is 1. The molecule has 1 fully saturated rings. The fraction of sp³-hybridized carbons (Fsp3) is 0.250. The van der Waals surface area contributed by atoms with Crippen molar-refractivity contribution in [1.29, 1.82) is 0 Å². The number of nitrogens with one attached hydrogen (secondary N) is 2. The normalized spacial score (nSPS) is 17.5. The molecule has 2 aliphatic heterocycles. The molecular weight excluding hydrogens is 486 g/mol. The highest BCUT2D eigenvalue weighted by Crippen LogP contribution is 2.49. The Morgan fingerprint density at radius 2 is 1.97 bits per heavy atom. The number of likely N-dealkylation sites (tertiary alicyclic amines) is 1. The van der Waals surface area contributed by atoms with Gasteiger partial charge in [0.25, 0.3) is 0 Å². The Labute approximate surface area is 218 Å². The summed E-state index contributed by atoms with van der Waals surface area (Å²) in [5.74, 6) is 1.36. The van der Waals surface area contributed by atoms with Gasteiger partial charge in [0, 0.05) is 12.7 Å². The van der Waals surface area contributed by atoms with Crippen molar-refractivity contribution in [2.24, 2.45) is 5.92 Å². The first kappa shape index (κ1) is 23.4. The molecule has 4 heterocycles. The molecule has 188 valence electrons.